The van der Waals surface area contributed by atoms with Crippen molar-refractivity contribution in [1.82, 2.24) is 9.80 Å². The van der Waals surface area contributed by atoms with Crippen LogP contribution >= 0.6 is 0 Å². The van der Waals surface area contributed by atoms with Gasteiger partial charge in [0.25, 0.3) is 0 Å². The second-order valence-electron chi connectivity index (χ2n) is 6.40. The molecule has 5 nitrogen and oxygen atoms in total. The largest absolute Gasteiger partial charge is 0.389 e. The number of rotatable bonds is 5. The Kier molecular flexibility index (Phi) is 5.30. The fourth-order valence-corrected chi connectivity index (χ4v) is 3.51. The van der Waals surface area contributed by atoms with Gasteiger partial charge >= 0.3 is 0 Å². The molecule has 3 rings (SSSR count). The number of hydrogen-bond donors (Lipinski definition) is 1. The minimum atomic E-state index is -0.438. The van der Waals surface area contributed by atoms with E-state index in [1.165, 1.54) is 11.1 Å². The molecule has 0 bridgehead atoms. The van der Waals surface area contributed by atoms with Crippen LogP contribution in [0.4, 0.5) is 0 Å². The van der Waals surface area contributed by atoms with E-state index in [9.17, 15) is 9.90 Å². The Morgan fingerprint density at radius 2 is 2.09 bits per heavy atom. The first-order valence-corrected chi connectivity index (χ1v) is 8.54. The van der Waals surface area contributed by atoms with E-state index in [0.29, 0.717) is 32.7 Å². The van der Waals surface area contributed by atoms with Crippen LogP contribution in [0.15, 0.2) is 24.3 Å². The molecule has 1 saturated heterocycles. The minimum Gasteiger partial charge on any atom is -0.389 e. The van der Waals surface area contributed by atoms with Gasteiger partial charge < -0.3 is 14.7 Å². The molecule has 2 atom stereocenters. The molecular weight excluding hydrogens is 292 g/mol. The Labute approximate surface area is 137 Å². The summed E-state index contributed by atoms with van der Waals surface area (Å²) in [6, 6.07) is 8.35. The fraction of sp³-hybridized carbons (Fsp3) is 0.611. The highest BCUT2D eigenvalue weighted by Crippen LogP contribution is 2.19. The van der Waals surface area contributed by atoms with Crippen molar-refractivity contribution in [2.45, 2.75) is 38.5 Å². The van der Waals surface area contributed by atoms with Gasteiger partial charge in [0.15, 0.2) is 0 Å². The maximum atomic E-state index is 12.5. The highest BCUT2D eigenvalue weighted by molar-refractivity contribution is 5.76. The van der Waals surface area contributed by atoms with E-state index in [0.717, 1.165) is 19.5 Å². The zero-order valence-corrected chi connectivity index (χ0v) is 13.8. The molecule has 2 heterocycles. The molecule has 23 heavy (non-hydrogen) atoms. The van der Waals surface area contributed by atoms with Crippen LogP contribution in [-0.2, 0) is 22.5 Å². The summed E-state index contributed by atoms with van der Waals surface area (Å²) in [6.07, 6.45) is 0.897. The quantitative estimate of drug-likeness (QED) is 0.881. The topological polar surface area (TPSA) is 53.0 Å². The Hall–Kier alpha value is -1.43. The average molecular weight is 318 g/mol. The molecule has 1 N–H and O–H groups in total. The van der Waals surface area contributed by atoms with Crippen molar-refractivity contribution >= 4 is 5.91 Å². The van der Waals surface area contributed by atoms with E-state index in [1.807, 2.05) is 17.9 Å². The third-order valence-electron chi connectivity index (χ3n) is 4.82. The summed E-state index contributed by atoms with van der Waals surface area (Å²) >= 11 is 0. The molecule has 0 spiro atoms. The molecule has 2 aliphatic heterocycles. The number of aliphatic hydroxyl groups is 1. The number of carbonyl (C=O) groups excluding carboxylic acids is 1. The summed E-state index contributed by atoms with van der Waals surface area (Å²) in [5.74, 6) is 0.203. The SMILES string of the molecule is CCO[C@H]1CN(CCC(=O)N2CCc3ccccc3C2)C[C@@H]1O. The molecule has 1 amide bonds. The molecule has 0 aliphatic carbocycles. The van der Waals surface area contributed by atoms with Gasteiger partial charge in [-0.3, -0.25) is 9.69 Å². The van der Waals surface area contributed by atoms with E-state index >= 15 is 0 Å². The van der Waals surface area contributed by atoms with E-state index < -0.39 is 6.10 Å². The molecule has 1 aromatic carbocycles. The fourth-order valence-electron chi connectivity index (χ4n) is 3.51. The lowest BCUT2D eigenvalue weighted by Gasteiger charge is -2.29. The minimum absolute atomic E-state index is 0.114. The lowest BCUT2D eigenvalue weighted by atomic mass is 10.00. The smallest absolute Gasteiger partial charge is 0.224 e. The average Bonchev–Trinajstić information content (AvgIpc) is 2.92. The zero-order valence-electron chi connectivity index (χ0n) is 13.8. The highest BCUT2D eigenvalue weighted by Gasteiger charge is 2.32. The van der Waals surface area contributed by atoms with Crippen LogP contribution in [-0.4, -0.2) is 65.8 Å². The Morgan fingerprint density at radius 1 is 1.30 bits per heavy atom. The number of aliphatic hydroxyl groups excluding tert-OH is 1. The molecule has 0 aromatic heterocycles. The van der Waals surface area contributed by atoms with E-state index in [4.69, 9.17) is 4.74 Å². The van der Waals surface area contributed by atoms with Gasteiger partial charge in [-0.25, -0.2) is 0 Å². The second-order valence-corrected chi connectivity index (χ2v) is 6.40. The number of ether oxygens (including phenoxy) is 1. The van der Waals surface area contributed by atoms with Crippen LogP contribution in [0, 0.1) is 0 Å². The van der Waals surface area contributed by atoms with Gasteiger partial charge in [0.1, 0.15) is 0 Å². The maximum Gasteiger partial charge on any atom is 0.224 e. The Balaban J connectivity index is 1.47. The summed E-state index contributed by atoms with van der Waals surface area (Å²) < 4.78 is 5.52. The number of fused-ring (bicyclic) bond motifs is 1. The molecule has 1 aromatic rings. The van der Waals surface area contributed by atoms with Crippen LogP contribution in [0.3, 0.4) is 0 Å². The molecule has 0 saturated carbocycles. The van der Waals surface area contributed by atoms with Crippen molar-refractivity contribution in [3.05, 3.63) is 35.4 Å². The number of benzene rings is 1. The van der Waals surface area contributed by atoms with Gasteiger partial charge in [-0.1, -0.05) is 24.3 Å². The van der Waals surface area contributed by atoms with Gasteiger partial charge in [0, 0.05) is 45.8 Å². The first-order valence-electron chi connectivity index (χ1n) is 8.54. The number of likely N-dealkylation sites (tertiary alicyclic amines) is 1. The van der Waals surface area contributed by atoms with Crippen molar-refractivity contribution in [2.75, 3.05) is 32.8 Å². The van der Waals surface area contributed by atoms with Gasteiger partial charge in [0.2, 0.25) is 5.91 Å². The number of hydrogen-bond acceptors (Lipinski definition) is 4. The number of carbonyl (C=O) groups is 1. The summed E-state index contributed by atoms with van der Waals surface area (Å²) in [7, 11) is 0. The predicted molar refractivity (Wildman–Crippen MR) is 88.0 cm³/mol. The van der Waals surface area contributed by atoms with Crippen molar-refractivity contribution in [1.29, 1.82) is 0 Å². The Bertz CT molecular complexity index is 549. The molecule has 2 aliphatic rings. The third kappa shape index (κ3) is 3.91. The van der Waals surface area contributed by atoms with Gasteiger partial charge in [-0.2, -0.15) is 0 Å². The normalized spacial score (nSPS) is 24.7. The van der Waals surface area contributed by atoms with E-state index in [1.54, 1.807) is 0 Å². The summed E-state index contributed by atoms with van der Waals surface area (Å²) in [5, 5.41) is 9.95. The maximum absolute atomic E-state index is 12.5. The molecule has 5 heteroatoms. The van der Waals surface area contributed by atoms with Crippen LogP contribution < -0.4 is 0 Å². The molecular formula is C18H26N2O3. The number of amides is 1. The lowest BCUT2D eigenvalue weighted by molar-refractivity contribution is -0.132. The summed E-state index contributed by atoms with van der Waals surface area (Å²) in [6.45, 7) is 6.08. The van der Waals surface area contributed by atoms with Crippen LogP contribution in [0.5, 0.6) is 0 Å². The second kappa shape index (κ2) is 7.43. The zero-order chi connectivity index (χ0) is 16.2. The summed E-state index contributed by atoms with van der Waals surface area (Å²) in [5.41, 5.74) is 2.62. The molecule has 126 valence electrons. The third-order valence-corrected chi connectivity index (χ3v) is 4.82. The van der Waals surface area contributed by atoms with Crippen LogP contribution in [0.25, 0.3) is 0 Å². The first kappa shape index (κ1) is 16.4. The van der Waals surface area contributed by atoms with Crippen LogP contribution in [0.1, 0.15) is 24.5 Å². The van der Waals surface area contributed by atoms with E-state index in [-0.39, 0.29) is 12.0 Å². The van der Waals surface area contributed by atoms with Crippen molar-refractivity contribution in [3.8, 4) is 0 Å². The van der Waals surface area contributed by atoms with Crippen LogP contribution in [0.2, 0.25) is 0 Å². The number of nitrogens with zero attached hydrogens (tertiary/aromatic N) is 2. The lowest BCUT2D eigenvalue weighted by Crippen LogP contribution is -2.38. The van der Waals surface area contributed by atoms with E-state index in [2.05, 4.69) is 23.1 Å². The van der Waals surface area contributed by atoms with Crippen molar-refractivity contribution in [2.24, 2.45) is 0 Å². The monoisotopic (exact) mass is 318 g/mol. The van der Waals surface area contributed by atoms with Gasteiger partial charge in [-0.15, -0.1) is 0 Å². The van der Waals surface area contributed by atoms with Gasteiger partial charge in [-0.05, 0) is 24.5 Å². The molecule has 0 unspecified atom stereocenters. The standard InChI is InChI=1S/C18H26N2O3/c1-2-23-17-13-19(12-16(17)21)9-8-18(22)20-10-7-14-5-3-4-6-15(14)11-20/h3-6,16-17,21H,2,7-13H2,1H3/t16-,17-/m0/s1. The van der Waals surface area contributed by atoms with Gasteiger partial charge in [0.05, 0.1) is 12.2 Å². The predicted octanol–water partition coefficient (Wildman–Crippen LogP) is 1.04. The Morgan fingerprint density at radius 3 is 2.87 bits per heavy atom. The molecule has 1 fully saturated rings. The summed E-state index contributed by atoms with van der Waals surface area (Å²) in [4.78, 5) is 16.5. The first-order chi connectivity index (χ1) is 11.2. The van der Waals surface area contributed by atoms with Crippen molar-refractivity contribution < 1.29 is 14.6 Å². The molecule has 0 radical (unpaired) electrons. The highest BCUT2D eigenvalue weighted by atomic mass is 16.5. The van der Waals surface area contributed by atoms with Crippen molar-refractivity contribution in [3.63, 3.8) is 0 Å². The number of β-amino-alcohol motifs (C(OH)–C–C–N with tert-alkyl or cyclic N) is 1.